The summed E-state index contributed by atoms with van der Waals surface area (Å²) in [5, 5.41) is 12.0. The molecular weight excluding hydrogens is 330 g/mol. The minimum atomic E-state index is 0.575. The van der Waals surface area contributed by atoms with Crippen LogP contribution in [-0.4, -0.2) is 9.55 Å². The molecule has 5 rings (SSSR count). The number of hydrogen-bond acceptors (Lipinski definition) is 2. The number of nitrogens with zero attached hydrogens (tertiary/aromatic N) is 3. The predicted octanol–water partition coefficient (Wildman–Crippen LogP) is 5.72. The van der Waals surface area contributed by atoms with Crippen LogP contribution >= 0.6 is 0 Å². The molecule has 0 N–H and O–H groups in total. The lowest BCUT2D eigenvalue weighted by atomic mass is 10.0. The van der Waals surface area contributed by atoms with Crippen LogP contribution in [0.2, 0.25) is 0 Å². The standard InChI is InChI=1S/C24H15N3/c25-15-17-16-26-14-13-18(17)19-7-1-4-10-22(19)27-23-11-5-2-8-20(23)21-9-3-6-12-24(21)27/h1-14,16H. The SMILES string of the molecule is N#Cc1cnccc1-c1ccccc1-n1c2ccccc2c2ccccc21. The number of aromatic nitrogens is 2. The van der Waals surface area contributed by atoms with Crippen molar-refractivity contribution in [3.63, 3.8) is 0 Å². The van der Waals surface area contributed by atoms with Gasteiger partial charge in [0.1, 0.15) is 6.07 Å². The van der Waals surface area contributed by atoms with Crippen molar-refractivity contribution in [2.75, 3.05) is 0 Å². The summed E-state index contributed by atoms with van der Waals surface area (Å²) in [6.45, 7) is 0. The highest BCUT2D eigenvalue weighted by Crippen LogP contribution is 2.36. The summed E-state index contributed by atoms with van der Waals surface area (Å²) in [4.78, 5) is 4.10. The van der Waals surface area contributed by atoms with E-state index in [0.717, 1.165) is 27.8 Å². The molecule has 0 aliphatic rings. The maximum atomic E-state index is 9.55. The Kier molecular flexibility index (Phi) is 3.48. The Morgan fingerprint density at radius 3 is 2.04 bits per heavy atom. The maximum Gasteiger partial charge on any atom is 0.101 e. The van der Waals surface area contributed by atoms with Crippen LogP contribution in [0, 0.1) is 11.3 Å². The van der Waals surface area contributed by atoms with Crippen molar-refractivity contribution in [1.82, 2.24) is 9.55 Å². The summed E-state index contributed by atoms with van der Waals surface area (Å²) in [6, 6.07) is 29.3. The van der Waals surface area contributed by atoms with Crippen LogP contribution in [0.1, 0.15) is 5.56 Å². The van der Waals surface area contributed by atoms with Crippen molar-refractivity contribution in [3.05, 3.63) is 96.8 Å². The molecule has 27 heavy (non-hydrogen) atoms. The van der Waals surface area contributed by atoms with E-state index in [0.29, 0.717) is 5.56 Å². The van der Waals surface area contributed by atoms with E-state index in [-0.39, 0.29) is 0 Å². The number of nitriles is 1. The smallest absolute Gasteiger partial charge is 0.101 e. The minimum absolute atomic E-state index is 0.575. The maximum absolute atomic E-state index is 9.55. The molecule has 0 saturated carbocycles. The Hall–Kier alpha value is -3.90. The average Bonchev–Trinajstić information content (AvgIpc) is 3.08. The molecule has 3 aromatic carbocycles. The number of benzene rings is 3. The van der Waals surface area contributed by atoms with E-state index in [1.165, 1.54) is 10.8 Å². The number of rotatable bonds is 2. The van der Waals surface area contributed by atoms with Crippen LogP contribution in [-0.2, 0) is 0 Å². The molecule has 2 heterocycles. The van der Waals surface area contributed by atoms with E-state index in [9.17, 15) is 5.26 Å². The zero-order valence-corrected chi connectivity index (χ0v) is 14.5. The largest absolute Gasteiger partial charge is 0.309 e. The third kappa shape index (κ3) is 2.32. The van der Waals surface area contributed by atoms with Gasteiger partial charge in [-0.1, -0.05) is 54.6 Å². The summed E-state index contributed by atoms with van der Waals surface area (Å²) < 4.78 is 2.28. The van der Waals surface area contributed by atoms with Gasteiger partial charge in [-0.3, -0.25) is 4.98 Å². The number of para-hydroxylation sites is 3. The molecule has 3 nitrogen and oxygen atoms in total. The second-order valence-corrected chi connectivity index (χ2v) is 6.42. The fourth-order valence-electron chi connectivity index (χ4n) is 3.80. The molecule has 3 heteroatoms. The second kappa shape index (κ2) is 6.12. The lowest BCUT2D eigenvalue weighted by Gasteiger charge is -2.14. The van der Waals surface area contributed by atoms with Crippen LogP contribution in [0.3, 0.4) is 0 Å². The molecule has 126 valence electrons. The second-order valence-electron chi connectivity index (χ2n) is 6.42. The number of fused-ring (bicyclic) bond motifs is 3. The van der Waals surface area contributed by atoms with Crippen LogP contribution in [0.25, 0.3) is 38.6 Å². The van der Waals surface area contributed by atoms with Crippen molar-refractivity contribution in [3.8, 4) is 22.9 Å². The highest BCUT2D eigenvalue weighted by atomic mass is 15.0. The van der Waals surface area contributed by atoms with E-state index < -0.39 is 0 Å². The van der Waals surface area contributed by atoms with Gasteiger partial charge in [-0.15, -0.1) is 0 Å². The van der Waals surface area contributed by atoms with Gasteiger partial charge >= 0.3 is 0 Å². The van der Waals surface area contributed by atoms with E-state index in [2.05, 4.69) is 76.3 Å². The van der Waals surface area contributed by atoms with Crippen LogP contribution < -0.4 is 0 Å². The Morgan fingerprint density at radius 2 is 1.33 bits per heavy atom. The van der Waals surface area contributed by atoms with E-state index in [1.54, 1.807) is 12.4 Å². The van der Waals surface area contributed by atoms with Crippen molar-refractivity contribution in [2.45, 2.75) is 0 Å². The first-order chi connectivity index (χ1) is 13.4. The first-order valence-corrected chi connectivity index (χ1v) is 8.80. The predicted molar refractivity (Wildman–Crippen MR) is 109 cm³/mol. The van der Waals surface area contributed by atoms with E-state index in [1.807, 2.05) is 18.2 Å². The van der Waals surface area contributed by atoms with Gasteiger partial charge in [-0.2, -0.15) is 5.26 Å². The van der Waals surface area contributed by atoms with Crippen LogP contribution in [0.5, 0.6) is 0 Å². The van der Waals surface area contributed by atoms with Crippen LogP contribution in [0.4, 0.5) is 0 Å². The Morgan fingerprint density at radius 1 is 0.704 bits per heavy atom. The summed E-state index contributed by atoms with van der Waals surface area (Å²) in [5.74, 6) is 0. The Bertz CT molecular complexity index is 1290. The summed E-state index contributed by atoms with van der Waals surface area (Å²) in [7, 11) is 0. The molecule has 0 radical (unpaired) electrons. The fraction of sp³-hybridized carbons (Fsp3) is 0. The fourth-order valence-corrected chi connectivity index (χ4v) is 3.80. The van der Waals surface area contributed by atoms with E-state index in [4.69, 9.17) is 0 Å². The molecule has 0 atom stereocenters. The lowest BCUT2D eigenvalue weighted by Crippen LogP contribution is -1.98. The van der Waals surface area contributed by atoms with Crippen molar-refractivity contribution in [2.24, 2.45) is 0 Å². The first-order valence-electron chi connectivity index (χ1n) is 8.80. The normalized spacial score (nSPS) is 10.9. The summed E-state index contributed by atoms with van der Waals surface area (Å²) in [5.41, 5.74) is 5.84. The third-order valence-corrected chi connectivity index (χ3v) is 4.96. The highest BCUT2D eigenvalue weighted by molar-refractivity contribution is 6.09. The molecule has 0 fully saturated rings. The van der Waals surface area contributed by atoms with Gasteiger partial charge in [0.2, 0.25) is 0 Å². The monoisotopic (exact) mass is 345 g/mol. The zero-order chi connectivity index (χ0) is 18.2. The highest BCUT2D eigenvalue weighted by Gasteiger charge is 2.16. The van der Waals surface area contributed by atoms with E-state index >= 15 is 0 Å². The Labute approximate surface area is 156 Å². The topological polar surface area (TPSA) is 41.6 Å². The quantitative estimate of drug-likeness (QED) is 0.411. The molecule has 2 aromatic heterocycles. The number of hydrogen-bond donors (Lipinski definition) is 0. The van der Waals surface area contributed by atoms with Gasteiger partial charge in [0.25, 0.3) is 0 Å². The average molecular weight is 345 g/mol. The van der Waals surface area contributed by atoms with Gasteiger partial charge in [0.15, 0.2) is 0 Å². The van der Waals surface area contributed by atoms with Gasteiger partial charge in [0.05, 0.1) is 22.3 Å². The van der Waals surface area contributed by atoms with Gasteiger partial charge in [-0.25, -0.2) is 0 Å². The third-order valence-electron chi connectivity index (χ3n) is 4.96. The Balaban J connectivity index is 1.92. The molecule has 0 bridgehead atoms. The first kappa shape index (κ1) is 15.4. The lowest BCUT2D eigenvalue weighted by molar-refractivity contribution is 1.18. The molecule has 0 saturated heterocycles. The molecule has 5 aromatic rings. The molecule has 0 amide bonds. The zero-order valence-electron chi connectivity index (χ0n) is 14.5. The molecule has 0 aliphatic heterocycles. The molecular formula is C24H15N3. The van der Waals surface area contributed by atoms with Crippen LogP contribution in [0.15, 0.2) is 91.3 Å². The number of pyridine rings is 1. The summed E-state index contributed by atoms with van der Waals surface area (Å²) in [6.07, 6.45) is 3.36. The van der Waals surface area contributed by atoms with Gasteiger partial charge < -0.3 is 4.57 Å². The van der Waals surface area contributed by atoms with Crippen molar-refractivity contribution >= 4 is 21.8 Å². The summed E-state index contributed by atoms with van der Waals surface area (Å²) >= 11 is 0. The van der Waals surface area contributed by atoms with Gasteiger partial charge in [0, 0.05) is 34.3 Å². The molecule has 0 unspecified atom stereocenters. The molecule has 0 spiro atoms. The van der Waals surface area contributed by atoms with Crippen molar-refractivity contribution in [1.29, 1.82) is 5.26 Å². The molecule has 0 aliphatic carbocycles. The van der Waals surface area contributed by atoms with Gasteiger partial charge in [-0.05, 0) is 24.3 Å². The minimum Gasteiger partial charge on any atom is -0.309 e. The van der Waals surface area contributed by atoms with Crippen molar-refractivity contribution < 1.29 is 0 Å².